The van der Waals surface area contributed by atoms with Crippen LogP contribution in [0.3, 0.4) is 0 Å². The average Bonchev–Trinajstić information content (AvgIpc) is 3.08. The Bertz CT molecular complexity index is 698. The third kappa shape index (κ3) is 38.9. The second-order valence-electron chi connectivity index (χ2n) is 13.7. The molecule has 0 aliphatic carbocycles. The molecule has 4 heteroatoms. The zero-order valence-corrected chi connectivity index (χ0v) is 31.5. The number of ether oxygens (including phenoxy) is 2. The predicted octanol–water partition coefficient (Wildman–Crippen LogP) is 13.3. The molecule has 0 bridgehead atoms. The van der Waals surface area contributed by atoms with Gasteiger partial charge in [0, 0.05) is 13.0 Å². The Morgan fingerprint density at radius 1 is 0.511 bits per heavy atom. The van der Waals surface area contributed by atoms with Gasteiger partial charge in [0.1, 0.15) is 6.10 Å². The highest BCUT2D eigenvalue weighted by Crippen LogP contribution is 2.13. The van der Waals surface area contributed by atoms with Crippen LogP contribution in [-0.2, 0) is 14.3 Å². The van der Waals surface area contributed by atoms with Crippen LogP contribution in [0.4, 0.5) is 0 Å². The van der Waals surface area contributed by atoms with Crippen LogP contribution < -0.4 is 0 Å². The molecule has 0 aliphatic rings. The number of carbonyl (C=O) groups is 1. The number of unbranched alkanes of at least 4 members (excludes halogenated alkanes) is 24. The van der Waals surface area contributed by atoms with Crippen molar-refractivity contribution in [2.45, 2.75) is 213 Å². The molecule has 1 N–H and O–H groups in total. The minimum absolute atomic E-state index is 0.177. The van der Waals surface area contributed by atoms with Crippen molar-refractivity contribution in [1.29, 1.82) is 0 Å². The molecule has 1 atom stereocenters. The number of aliphatic hydroxyl groups is 1. The maximum Gasteiger partial charge on any atom is 0.306 e. The first-order valence-electron chi connectivity index (χ1n) is 20.6. The molecule has 0 amide bonds. The van der Waals surface area contributed by atoms with E-state index in [4.69, 9.17) is 9.47 Å². The minimum Gasteiger partial charge on any atom is -0.457 e. The van der Waals surface area contributed by atoms with Crippen LogP contribution in [0.25, 0.3) is 0 Å². The van der Waals surface area contributed by atoms with Gasteiger partial charge < -0.3 is 14.6 Å². The molecule has 0 aromatic rings. The molecule has 4 nitrogen and oxygen atoms in total. The summed E-state index contributed by atoms with van der Waals surface area (Å²) in [7, 11) is 0. The van der Waals surface area contributed by atoms with E-state index in [1.807, 2.05) is 0 Å². The van der Waals surface area contributed by atoms with E-state index < -0.39 is 6.10 Å². The standard InChI is InChI=1S/C43H80O4/c1-3-5-7-9-11-13-15-17-19-20-21-22-23-25-27-29-31-33-35-37-39-46-41-42(40-44)47-43(45)38-36-34-32-30-28-26-24-18-16-14-12-10-8-6-4-2/h12,14,17-19,24,42,44H,3-11,13,15-16,20-23,25-41H2,1-2H3/b14-12-,19-17-,24-18-. The predicted molar refractivity (Wildman–Crippen MR) is 205 cm³/mol. The molecule has 0 aromatic heterocycles. The topological polar surface area (TPSA) is 55.8 Å². The first-order valence-corrected chi connectivity index (χ1v) is 20.6. The third-order valence-electron chi connectivity index (χ3n) is 8.94. The molecule has 0 heterocycles. The van der Waals surface area contributed by atoms with Crippen molar-refractivity contribution in [2.24, 2.45) is 0 Å². The molecule has 1 unspecified atom stereocenters. The summed E-state index contributed by atoms with van der Waals surface area (Å²) >= 11 is 0. The van der Waals surface area contributed by atoms with E-state index in [-0.39, 0.29) is 12.6 Å². The molecule has 0 spiro atoms. The molecule has 0 radical (unpaired) electrons. The van der Waals surface area contributed by atoms with Crippen molar-refractivity contribution < 1.29 is 19.4 Å². The van der Waals surface area contributed by atoms with Crippen LogP contribution in [0.5, 0.6) is 0 Å². The smallest absolute Gasteiger partial charge is 0.306 e. The Kier molecular flexibility index (Phi) is 39.6. The summed E-state index contributed by atoms with van der Waals surface area (Å²) in [5.74, 6) is -0.214. The zero-order chi connectivity index (χ0) is 34.1. The van der Waals surface area contributed by atoms with Gasteiger partial charge >= 0.3 is 5.97 Å². The van der Waals surface area contributed by atoms with Gasteiger partial charge in [-0.15, -0.1) is 0 Å². The molecule has 0 rings (SSSR count). The summed E-state index contributed by atoms with van der Waals surface area (Å²) in [6, 6.07) is 0. The van der Waals surface area contributed by atoms with E-state index in [0.717, 1.165) is 38.5 Å². The van der Waals surface area contributed by atoms with Crippen molar-refractivity contribution in [1.82, 2.24) is 0 Å². The SMILES string of the molecule is CCCCC/C=C\C/C=C\CCCCCCCC(=O)OC(CO)COCCCCCCCCCCCC/C=C\CCCCCCCC. The molecular weight excluding hydrogens is 580 g/mol. The lowest BCUT2D eigenvalue weighted by atomic mass is 10.1. The lowest BCUT2D eigenvalue weighted by Crippen LogP contribution is -2.27. The fourth-order valence-electron chi connectivity index (χ4n) is 5.82. The summed E-state index contributed by atoms with van der Waals surface area (Å²) in [5, 5.41) is 9.58. The molecule has 47 heavy (non-hydrogen) atoms. The normalized spacial score (nSPS) is 12.7. The van der Waals surface area contributed by atoms with Crippen LogP contribution in [0.1, 0.15) is 206 Å². The summed E-state index contributed by atoms with van der Waals surface area (Å²) in [4.78, 5) is 12.2. The largest absolute Gasteiger partial charge is 0.457 e. The maximum atomic E-state index is 12.2. The molecular formula is C43H80O4. The van der Waals surface area contributed by atoms with Gasteiger partial charge in [0.2, 0.25) is 0 Å². The molecule has 0 saturated heterocycles. The molecule has 0 aromatic carbocycles. The van der Waals surface area contributed by atoms with E-state index >= 15 is 0 Å². The van der Waals surface area contributed by atoms with Crippen LogP contribution in [-0.4, -0.2) is 37.0 Å². The maximum absolute atomic E-state index is 12.2. The minimum atomic E-state index is -0.540. The highest BCUT2D eigenvalue weighted by atomic mass is 16.6. The van der Waals surface area contributed by atoms with Crippen molar-refractivity contribution in [2.75, 3.05) is 19.8 Å². The van der Waals surface area contributed by atoms with E-state index in [0.29, 0.717) is 19.6 Å². The van der Waals surface area contributed by atoms with Crippen LogP contribution in [0.2, 0.25) is 0 Å². The monoisotopic (exact) mass is 661 g/mol. The van der Waals surface area contributed by atoms with Crippen molar-refractivity contribution in [3.8, 4) is 0 Å². The summed E-state index contributed by atoms with van der Waals surface area (Å²) in [5.41, 5.74) is 0. The van der Waals surface area contributed by atoms with Crippen LogP contribution in [0, 0.1) is 0 Å². The zero-order valence-electron chi connectivity index (χ0n) is 31.5. The first kappa shape index (κ1) is 45.6. The first-order chi connectivity index (χ1) is 23.2. The van der Waals surface area contributed by atoms with E-state index in [1.165, 1.54) is 148 Å². The fraction of sp³-hybridized carbons (Fsp3) is 0.837. The van der Waals surface area contributed by atoms with Crippen LogP contribution in [0.15, 0.2) is 36.5 Å². The summed E-state index contributed by atoms with van der Waals surface area (Å²) in [6.07, 6.45) is 50.5. The Labute approximate surface area is 293 Å². The number of aliphatic hydroxyl groups excluding tert-OH is 1. The average molecular weight is 661 g/mol. The van der Waals surface area contributed by atoms with Crippen molar-refractivity contribution >= 4 is 5.97 Å². The van der Waals surface area contributed by atoms with Gasteiger partial charge in [-0.25, -0.2) is 0 Å². The lowest BCUT2D eigenvalue weighted by Gasteiger charge is -2.15. The number of allylic oxidation sites excluding steroid dienone is 6. The molecule has 0 saturated carbocycles. The number of hydrogen-bond acceptors (Lipinski definition) is 4. The highest BCUT2D eigenvalue weighted by molar-refractivity contribution is 5.69. The van der Waals surface area contributed by atoms with Gasteiger partial charge in [0.25, 0.3) is 0 Å². The second-order valence-corrected chi connectivity index (χ2v) is 13.7. The highest BCUT2D eigenvalue weighted by Gasteiger charge is 2.13. The summed E-state index contributed by atoms with van der Waals surface area (Å²) in [6.45, 7) is 5.31. The van der Waals surface area contributed by atoms with Gasteiger partial charge in [-0.2, -0.15) is 0 Å². The van der Waals surface area contributed by atoms with Gasteiger partial charge in [-0.05, 0) is 70.6 Å². The number of hydrogen-bond donors (Lipinski definition) is 1. The summed E-state index contributed by atoms with van der Waals surface area (Å²) < 4.78 is 11.1. The molecule has 0 fully saturated rings. The van der Waals surface area contributed by atoms with E-state index in [1.54, 1.807) is 0 Å². The van der Waals surface area contributed by atoms with E-state index in [2.05, 4.69) is 50.3 Å². The van der Waals surface area contributed by atoms with Crippen molar-refractivity contribution in [3.05, 3.63) is 36.5 Å². The van der Waals surface area contributed by atoms with Gasteiger partial charge in [0.05, 0.1) is 13.2 Å². The van der Waals surface area contributed by atoms with Crippen LogP contribution >= 0.6 is 0 Å². The third-order valence-corrected chi connectivity index (χ3v) is 8.94. The van der Waals surface area contributed by atoms with E-state index in [9.17, 15) is 9.90 Å². The quantitative estimate of drug-likeness (QED) is 0.0407. The Balaban J connectivity index is 3.43. The number of rotatable bonds is 38. The van der Waals surface area contributed by atoms with Gasteiger partial charge in [-0.3, -0.25) is 4.79 Å². The van der Waals surface area contributed by atoms with Gasteiger partial charge in [0.15, 0.2) is 0 Å². The second kappa shape index (κ2) is 40.8. The number of esters is 1. The molecule has 276 valence electrons. The lowest BCUT2D eigenvalue weighted by molar-refractivity contribution is -0.154. The van der Waals surface area contributed by atoms with Gasteiger partial charge in [-0.1, -0.05) is 166 Å². The Morgan fingerprint density at radius 2 is 0.894 bits per heavy atom. The van der Waals surface area contributed by atoms with Crippen molar-refractivity contribution in [3.63, 3.8) is 0 Å². The Morgan fingerprint density at radius 3 is 1.38 bits per heavy atom. The molecule has 0 aliphatic heterocycles. The Hall–Kier alpha value is -1.39. The number of carbonyl (C=O) groups excluding carboxylic acids is 1. The fourth-order valence-corrected chi connectivity index (χ4v) is 5.82.